The Kier molecular flexibility index (Phi) is 7.19. The van der Waals surface area contributed by atoms with E-state index in [0.29, 0.717) is 19.0 Å². The summed E-state index contributed by atoms with van der Waals surface area (Å²) in [6, 6.07) is 0.268. The summed E-state index contributed by atoms with van der Waals surface area (Å²) in [5.41, 5.74) is 0. The second kappa shape index (κ2) is 8.76. The standard InChI is InChI=1S/C10H18F2N4O2/c1-2-3-13-6-9-15-16-10(18-9)14-4-5-17-7-8(11)12/h8,13H,2-7H2,1H3,(H,14,16). The van der Waals surface area contributed by atoms with Crippen molar-refractivity contribution in [1.29, 1.82) is 0 Å². The number of rotatable bonds is 10. The minimum atomic E-state index is -2.44. The van der Waals surface area contributed by atoms with Gasteiger partial charge in [0.15, 0.2) is 0 Å². The van der Waals surface area contributed by atoms with E-state index in [1.54, 1.807) is 0 Å². The number of nitrogens with one attached hydrogen (secondary N) is 2. The quantitative estimate of drug-likeness (QED) is 0.620. The first-order valence-electron chi connectivity index (χ1n) is 5.85. The van der Waals surface area contributed by atoms with E-state index in [4.69, 9.17) is 4.42 Å². The molecule has 0 bridgehead atoms. The molecule has 0 aromatic carbocycles. The van der Waals surface area contributed by atoms with Gasteiger partial charge in [-0.05, 0) is 13.0 Å². The summed E-state index contributed by atoms with van der Waals surface area (Å²) in [6.45, 7) is 3.41. The molecular formula is C10H18F2N4O2. The number of halogens is 2. The first-order valence-corrected chi connectivity index (χ1v) is 5.85. The first-order chi connectivity index (χ1) is 8.72. The van der Waals surface area contributed by atoms with Crippen molar-refractivity contribution >= 4 is 6.01 Å². The Hall–Kier alpha value is -1.28. The summed E-state index contributed by atoms with van der Waals surface area (Å²) in [5, 5.41) is 13.5. The van der Waals surface area contributed by atoms with Crippen LogP contribution < -0.4 is 10.6 Å². The molecule has 0 aliphatic carbocycles. The van der Waals surface area contributed by atoms with Gasteiger partial charge in [-0.15, -0.1) is 5.10 Å². The summed E-state index contributed by atoms with van der Waals surface area (Å²) < 4.78 is 33.4. The normalized spacial score (nSPS) is 11.1. The van der Waals surface area contributed by atoms with Gasteiger partial charge in [0.25, 0.3) is 6.43 Å². The van der Waals surface area contributed by atoms with Crippen LogP contribution in [-0.4, -0.2) is 42.9 Å². The van der Waals surface area contributed by atoms with Gasteiger partial charge in [0, 0.05) is 6.54 Å². The summed E-state index contributed by atoms with van der Waals surface area (Å²) in [7, 11) is 0. The fraction of sp³-hybridized carbons (Fsp3) is 0.800. The van der Waals surface area contributed by atoms with Crippen LogP contribution in [0.5, 0.6) is 0 Å². The highest BCUT2D eigenvalue weighted by Gasteiger charge is 2.05. The molecular weight excluding hydrogens is 246 g/mol. The molecule has 0 fully saturated rings. The highest BCUT2D eigenvalue weighted by Crippen LogP contribution is 2.04. The third-order valence-corrected chi connectivity index (χ3v) is 1.94. The third kappa shape index (κ3) is 6.45. The van der Waals surface area contributed by atoms with Crippen LogP contribution in [-0.2, 0) is 11.3 Å². The van der Waals surface area contributed by atoms with Crippen LogP contribution in [0.15, 0.2) is 4.42 Å². The number of ether oxygens (including phenoxy) is 1. The number of aromatic nitrogens is 2. The highest BCUT2D eigenvalue weighted by molar-refractivity contribution is 5.16. The number of nitrogens with zero attached hydrogens (tertiary/aromatic N) is 2. The molecule has 1 rings (SSSR count). The molecule has 8 heteroatoms. The van der Waals surface area contributed by atoms with Gasteiger partial charge >= 0.3 is 6.01 Å². The molecule has 1 aromatic rings. The van der Waals surface area contributed by atoms with Crippen molar-refractivity contribution in [2.45, 2.75) is 26.3 Å². The Morgan fingerprint density at radius 3 is 2.89 bits per heavy atom. The predicted octanol–water partition coefficient (Wildman–Crippen LogP) is 1.26. The Morgan fingerprint density at radius 1 is 1.33 bits per heavy atom. The minimum Gasteiger partial charge on any atom is -0.407 e. The molecule has 0 aliphatic rings. The van der Waals surface area contributed by atoms with Crippen LogP contribution >= 0.6 is 0 Å². The van der Waals surface area contributed by atoms with Crippen LogP contribution in [0, 0.1) is 0 Å². The van der Waals surface area contributed by atoms with Crippen molar-refractivity contribution in [3.05, 3.63) is 5.89 Å². The topological polar surface area (TPSA) is 72.2 Å². The van der Waals surface area contributed by atoms with E-state index in [2.05, 4.69) is 32.5 Å². The molecule has 0 saturated carbocycles. The number of alkyl halides is 2. The molecule has 0 atom stereocenters. The summed E-state index contributed by atoms with van der Waals surface area (Å²) in [6.07, 6.45) is -1.41. The fourth-order valence-corrected chi connectivity index (χ4v) is 1.17. The van der Waals surface area contributed by atoms with Crippen LogP contribution in [0.1, 0.15) is 19.2 Å². The Bertz CT molecular complexity index is 323. The molecule has 0 unspecified atom stereocenters. The van der Waals surface area contributed by atoms with Gasteiger partial charge in [0.05, 0.1) is 13.2 Å². The lowest BCUT2D eigenvalue weighted by Crippen LogP contribution is -2.14. The maximum absolute atomic E-state index is 11.7. The Labute approximate surface area is 104 Å². The van der Waals surface area contributed by atoms with Crippen LogP contribution in [0.4, 0.5) is 14.8 Å². The zero-order valence-corrected chi connectivity index (χ0v) is 10.3. The molecule has 0 radical (unpaired) electrons. The number of hydrogen-bond donors (Lipinski definition) is 2. The molecule has 0 amide bonds. The van der Waals surface area contributed by atoms with E-state index in [0.717, 1.165) is 13.0 Å². The molecule has 0 saturated heterocycles. The largest absolute Gasteiger partial charge is 0.407 e. The van der Waals surface area contributed by atoms with Gasteiger partial charge < -0.3 is 19.8 Å². The van der Waals surface area contributed by atoms with E-state index in [-0.39, 0.29) is 12.6 Å². The molecule has 1 aromatic heterocycles. The van der Waals surface area contributed by atoms with Gasteiger partial charge in [0.2, 0.25) is 5.89 Å². The lowest BCUT2D eigenvalue weighted by Gasteiger charge is -2.03. The summed E-state index contributed by atoms with van der Waals surface area (Å²) in [5.74, 6) is 0.486. The molecule has 6 nitrogen and oxygen atoms in total. The van der Waals surface area contributed by atoms with Crippen molar-refractivity contribution in [1.82, 2.24) is 15.5 Å². The second-order valence-electron chi connectivity index (χ2n) is 3.57. The van der Waals surface area contributed by atoms with Gasteiger partial charge in [0.1, 0.15) is 6.61 Å². The van der Waals surface area contributed by atoms with E-state index >= 15 is 0 Å². The van der Waals surface area contributed by atoms with E-state index < -0.39 is 13.0 Å². The summed E-state index contributed by atoms with van der Waals surface area (Å²) >= 11 is 0. The number of anilines is 1. The van der Waals surface area contributed by atoms with Gasteiger partial charge in [-0.3, -0.25) is 0 Å². The first kappa shape index (κ1) is 14.8. The molecule has 2 N–H and O–H groups in total. The van der Waals surface area contributed by atoms with Crippen LogP contribution in [0.25, 0.3) is 0 Å². The van der Waals surface area contributed by atoms with Crippen molar-refractivity contribution in [2.24, 2.45) is 0 Å². The third-order valence-electron chi connectivity index (χ3n) is 1.94. The highest BCUT2D eigenvalue weighted by atomic mass is 19.3. The van der Waals surface area contributed by atoms with Gasteiger partial charge in [-0.25, -0.2) is 8.78 Å². The van der Waals surface area contributed by atoms with Crippen molar-refractivity contribution in [2.75, 3.05) is 31.6 Å². The number of hydrogen-bond acceptors (Lipinski definition) is 6. The Morgan fingerprint density at radius 2 is 2.17 bits per heavy atom. The van der Waals surface area contributed by atoms with E-state index in [9.17, 15) is 8.78 Å². The van der Waals surface area contributed by atoms with E-state index in [1.807, 2.05) is 0 Å². The minimum absolute atomic E-state index is 0.163. The fourth-order valence-electron chi connectivity index (χ4n) is 1.17. The molecule has 104 valence electrons. The SMILES string of the molecule is CCCNCc1nnc(NCCOCC(F)F)o1. The van der Waals surface area contributed by atoms with E-state index in [1.165, 1.54) is 0 Å². The molecule has 0 spiro atoms. The summed E-state index contributed by atoms with van der Waals surface area (Å²) in [4.78, 5) is 0. The average Bonchev–Trinajstić information content (AvgIpc) is 2.77. The Balaban J connectivity index is 2.11. The maximum Gasteiger partial charge on any atom is 0.315 e. The smallest absolute Gasteiger partial charge is 0.315 e. The molecule has 0 aliphatic heterocycles. The van der Waals surface area contributed by atoms with Gasteiger partial charge in [-0.2, -0.15) is 0 Å². The predicted molar refractivity (Wildman–Crippen MR) is 61.6 cm³/mol. The van der Waals surface area contributed by atoms with Crippen molar-refractivity contribution in [3.8, 4) is 0 Å². The molecule has 18 heavy (non-hydrogen) atoms. The van der Waals surface area contributed by atoms with Crippen LogP contribution in [0.3, 0.4) is 0 Å². The lowest BCUT2D eigenvalue weighted by atomic mass is 10.5. The monoisotopic (exact) mass is 264 g/mol. The van der Waals surface area contributed by atoms with Gasteiger partial charge in [-0.1, -0.05) is 12.0 Å². The van der Waals surface area contributed by atoms with Crippen molar-refractivity contribution in [3.63, 3.8) is 0 Å². The average molecular weight is 264 g/mol. The maximum atomic E-state index is 11.7. The zero-order valence-electron chi connectivity index (χ0n) is 10.3. The second-order valence-corrected chi connectivity index (χ2v) is 3.57. The van der Waals surface area contributed by atoms with Crippen molar-refractivity contribution < 1.29 is 17.9 Å². The molecule has 1 heterocycles. The zero-order chi connectivity index (χ0) is 13.2. The lowest BCUT2D eigenvalue weighted by molar-refractivity contribution is 0.0214. The van der Waals surface area contributed by atoms with Crippen LogP contribution in [0.2, 0.25) is 0 Å².